The summed E-state index contributed by atoms with van der Waals surface area (Å²) in [6.07, 6.45) is -3.84. The Bertz CT molecular complexity index is 1720. The zero-order valence-corrected chi connectivity index (χ0v) is 25.7. The second-order valence-electron chi connectivity index (χ2n) is 10.4. The van der Waals surface area contributed by atoms with Gasteiger partial charge < -0.3 is 21.7 Å². The van der Waals surface area contributed by atoms with Crippen LogP contribution in [-0.2, 0) is 30.8 Å². The van der Waals surface area contributed by atoms with E-state index in [1.807, 2.05) is 24.3 Å². The largest absolute Gasteiger partial charge is 0.480 e. The number of benzene rings is 3. The molecule has 222 valence electrons. The van der Waals surface area contributed by atoms with Gasteiger partial charge in [-0.25, -0.2) is 18.6 Å². The number of hydrogen-bond acceptors (Lipinski definition) is 9. The lowest BCUT2D eigenvalue weighted by atomic mass is 9.98. The van der Waals surface area contributed by atoms with Crippen LogP contribution >= 0.6 is 18.4 Å². The van der Waals surface area contributed by atoms with Gasteiger partial charge in [0.15, 0.2) is 0 Å². The third-order valence-corrected chi connectivity index (χ3v) is 9.95. The second kappa shape index (κ2) is 12.4. The number of nitrogens with one attached hydrogen (secondary N) is 1. The predicted octanol–water partition coefficient (Wildman–Crippen LogP) is 5.36. The van der Waals surface area contributed by atoms with Crippen LogP contribution in [0.2, 0.25) is 0 Å². The molecule has 4 aromatic rings. The van der Waals surface area contributed by atoms with Crippen LogP contribution in [0.15, 0.2) is 94.6 Å². The van der Waals surface area contributed by atoms with Crippen LogP contribution in [0, 0.1) is 6.92 Å². The summed E-state index contributed by atoms with van der Waals surface area (Å²) in [6, 6.07) is 25.0. The van der Waals surface area contributed by atoms with Crippen LogP contribution < -0.4 is 11.2 Å². The highest BCUT2D eigenvalue weighted by Crippen LogP contribution is 2.64. The summed E-state index contributed by atoms with van der Waals surface area (Å²) in [4.78, 5) is 39.7. The number of esters is 1. The van der Waals surface area contributed by atoms with E-state index >= 15 is 0 Å². The van der Waals surface area contributed by atoms with E-state index in [1.54, 1.807) is 37.3 Å². The fraction of sp³-hybridized carbons (Fsp3) is 0.258. The molecule has 3 aromatic carbocycles. The zero-order chi connectivity index (χ0) is 30.1. The van der Waals surface area contributed by atoms with Gasteiger partial charge in [0.1, 0.15) is 31.6 Å². The highest BCUT2D eigenvalue weighted by atomic mass is 33.1. The van der Waals surface area contributed by atoms with E-state index in [-0.39, 0.29) is 25.6 Å². The number of H-pyrrole nitrogens is 1. The van der Waals surface area contributed by atoms with Crippen LogP contribution in [0.3, 0.4) is 0 Å². The van der Waals surface area contributed by atoms with Gasteiger partial charge in [-0.1, -0.05) is 66.7 Å². The highest BCUT2D eigenvalue weighted by Gasteiger charge is 2.42. The molecule has 1 aliphatic heterocycles. The van der Waals surface area contributed by atoms with Crippen molar-refractivity contribution in [2.45, 2.75) is 37.7 Å². The molecule has 0 radical (unpaired) electrons. The molecule has 1 fully saturated rings. The number of aromatic nitrogens is 2. The number of hydrogen-bond donors (Lipinski definition) is 2. The molecule has 2 aliphatic rings. The number of thiol groups is 1. The summed E-state index contributed by atoms with van der Waals surface area (Å²) < 4.78 is 25.4. The van der Waals surface area contributed by atoms with Crippen LogP contribution in [0.1, 0.15) is 45.6 Å². The van der Waals surface area contributed by atoms with Gasteiger partial charge >= 0.3 is 11.7 Å². The van der Waals surface area contributed by atoms with E-state index < -0.39 is 41.8 Å². The summed E-state index contributed by atoms with van der Waals surface area (Å²) in [5.41, 5.74) is 4.26. The monoisotopic (exact) mass is 636 g/mol. The normalized spacial score (nSPS) is 20.8. The van der Waals surface area contributed by atoms with Crippen LogP contribution in [0.5, 0.6) is 0 Å². The van der Waals surface area contributed by atoms with Crippen molar-refractivity contribution in [3.05, 3.63) is 128 Å². The Labute approximate surface area is 259 Å². The van der Waals surface area contributed by atoms with Gasteiger partial charge in [0.05, 0.1) is 5.56 Å². The highest BCUT2D eigenvalue weighted by molar-refractivity contribution is 8.76. The molecular weight excluding hydrogens is 607 g/mol. The molecule has 1 N–H and O–H groups in total. The van der Waals surface area contributed by atoms with E-state index in [9.17, 15) is 14.4 Å². The quantitative estimate of drug-likeness (QED) is 0.110. The molecule has 9 nitrogen and oxygen atoms in total. The number of aromatic amines is 1. The van der Waals surface area contributed by atoms with Crippen molar-refractivity contribution in [1.82, 2.24) is 9.55 Å². The summed E-state index contributed by atoms with van der Waals surface area (Å²) in [5.74, 6) is -0.558. The van der Waals surface area contributed by atoms with Crippen molar-refractivity contribution in [3.63, 3.8) is 0 Å². The lowest BCUT2D eigenvalue weighted by Crippen LogP contribution is -2.33. The first kappa shape index (κ1) is 29.9. The molecule has 43 heavy (non-hydrogen) atoms. The smallest absolute Gasteiger partial charge is 0.338 e. The van der Waals surface area contributed by atoms with Crippen molar-refractivity contribution in [3.8, 4) is 11.1 Å². The van der Waals surface area contributed by atoms with E-state index in [2.05, 4.69) is 41.5 Å². The van der Waals surface area contributed by atoms with Gasteiger partial charge in [-0.15, -0.1) is 0 Å². The van der Waals surface area contributed by atoms with E-state index in [1.165, 1.54) is 21.9 Å². The number of carbonyl (C=O) groups excluding carboxylic acids is 1. The minimum Gasteiger partial charge on any atom is -0.480 e. The first-order valence-electron chi connectivity index (χ1n) is 13.7. The molecule has 0 saturated carbocycles. The maximum atomic E-state index is 12.9. The minimum absolute atomic E-state index is 0.0208. The summed E-state index contributed by atoms with van der Waals surface area (Å²) >= 11 is 10.2. The SMILES string of the molecule is Cc1cn([C@H]2C[C@H](OC(=O)c3ccccc3)[C@@H](CO[P+]([S-])(S)OCC3c4ccccc4-c4ccccc43)O2)c(=O)[nH]c1=O. The molecule has 1 aliphatic carbocycles. The lowest BCUT2D eigenvalue weighted by molar-refractivity contribution is -0.0477. The Morgan fingerprint density at radius 1 is 0.977 bits per heavy atom. The second-order valence-corrected chi connectivity index (χ2v) is 15.7. The third-order valence-electron chi connectivity index (χ3n) is 7.67. The molecule has 1 unspecified atom stereocenters. The Morgan fingerprint density at radius 3 is 2.26 bits per heavy atom. The molecule has 12 heteroatoms. The molecule has 6 rings (SSSR count). The molecular formula is C31H29N2O7PS2. The van der Waals surface area contributed by atoms with Gasteiger partial charge in [-0.05, 0) is 41.3 Å². The average Bonchev–Trinajstić information content (AvgIpc) is 3.56. The molecule has 2 heterocycles. The Balaban J connectivity index is 1.17. The molecule has 0 amide bonds. The van der Waals surface area contributed by atoms with Gasteiger partial charge in [0.2, 0.25) is 6.12 Å². The number of ether oxygens (including phenoxy) is 2. The summed E-state index contributed by atoms with van der Waals surface area (Å²) in [6.45, 7) is 1.78. The van der Waals surface area contributed by atoms with Crippen LogP contribution in [0.25, 0.3) is 11.1 Å². The summed E-state index contributed by atoms with van der Waals surface area (Å²) in [5, 5.41) is 0. The molecule has 0 spiro atoms. The number of aryl methyl sites for hydroxylation is 1. The molecule has 1 aromatic heterocycles. The van der Waals surface area contributed by atoms with Gasteiger partial charge in [0, 0.05) is 36.3 Å². The maximum Gasteiger partial charge on any atom is 0.338 e. The van der Waals surface area contributed by atoms with Crippen molar-refractivity contribution >= 4 is 36.6 Å². The molecule has 0 bridgehead atoms. The van der Waals surface area contributed by atoms with Gasteiger partial charge in [-0.3, -0.25) is 14.3 Å². The lowest BCUT2D eigenvalue weighted by Gasteiger charge is -2.27. The zero-order valence-electron chi connectivity index (χ0n) is 23.1. The van der Waals surface area contributed by atoms with Gasteiger partial charge in [0.25, 0.3) is 5.56 Å². The Hall–Kier alpha value is -3.18. The topological polar surface area (TPSA) is 109 Å². The Kier molecular flexibility index (Phi) is 8.64. The van der Waals surface area contributed by atoms with Crippen molar-refractivity contribution < 1.29 is 23.3 Å². The molecule has 4 atom stereocenters. The van der Waals surface area contributed by atoms with Crippen molar-refractivity contribution in [1.29, 1.82) is 0 Å². The first-order chi connectivity index (χ1) is 20.7. The first-order valence-corrected chi connectivity index (χ1v) is 17.5. The number of nitrogens with zero attached hydrogens (tertiary/aromatic N) is 1. The van der Waals surface area contributed by atoms with E-state index in [0.717, 1.165) is 11.1 Å². The Morgan fingerprint density at radius 2 is 1.58 bits per heavy atom. The minimum atomic E-state index is -3.06. The number of rotatable bonds is 9. The molecule has 1 saturated heterocycles. The van der Waals surface area contributed by atoms with Crippen LogP contribution in [-0.4, -0.2) is 40.9 Å². The number of fused-ring (bicyclic) bond motifs is 3. The van der Waals surface area contributed by atoms with E-state index in [4.69, 9.17) is 30.8 Å². The van der Waals surface area contributed by atoms with Crippen molar-refractivity contribution in [2.75, 3.05) is 13.2 Å². The third kappa shape index (κ3) is 6.38. The number of carbonyl (C=O) groups is 1. The van der Waals surface area contributed by atoms with Crippen LogP contribution in [0.4, 0.5) is 0 Å². The van der Waals surface area contributed by atoms with E-state index in [0.29, 0.717) is 11.1 Å². The summed E-state index contributed by atoms with van der Waals surface area (Å²) in [7, 11) is 0. The average molecular weight is 637 g/mol. The van der Waals surface area contributed by atoms with Gasteiger partial charge in [-0.2, -0.15) is 0 Å². The maximum absolute atomic E-state index is 12.9. The fourth-order valence-corrected chi connectivity index (χ4v) is 7.05. The fourth-order valence-electron chi connectivity index (χ4n) is 5.54. The predicted molar refractivity (Wildman–Crippen MR) is 169 cm³/mol. The van der Waals surface area contributed by atoms with Crippen molar-refractivity contribution in [2.24, 2.45) is 0 Å². The standard InChI is InChI=1S/C31H29N2O7PS2/c1-19-16-33(31(36)32-29(19)34)28-15-26(40-30(35)20-9-3-2-4-10-20)27(39-28)18-38-41(42,43)37-17-25-23-13-7-5-11-21(23)22-12-6-8-14-24(22)25/h2-14,16,25-28H,15,17-18H2,1H3,(H,42,43)(H,32,34,36)/t26-,27+,28+/m0/s1.